The first kappa shape index (κ1) is 16.8. The van der Waals surface area contributed by atoms with Gasteiger partial charge in [0.05, 0.1) is 6.10 Å². The van der Waals surface area contributed by atoms with Crippen molar-refractivity contribution in [3.8, 4) is 0 Å². The molecule has 0 saturated heterocycles. The molecule has 2 N–H and O–H groups in total. The molecule has 0 bridgehead atoms. The van der Waals surface area contributed by atoms with E-state index < -0.39 is 0 Å². The van der Waals surface area contributed by atoms with Gasteiger partial charge in [0.2, 0.25) is 5.91 Å². The lowest BCUT2D eigenvalue weighted by atomic mass is 10.3. The number of nitrogens with one attached hydrogen (secondary N) is 2. The highest BCUT2D eigenvalue weighted by Crippen LogP contribution is 2.01. The molecule has 1 rings (SSSR count). The zero-order chi connectivity index (χ0) is 15.0. The summed E-state index contributed by atoms with van der Waals surface area (Å²) in [5.41, 5.74) is 0. The summed E-state index contributed by atoms with van der Waals surface area (Å²) in [6.45, 7) is 7.54. The summed E-state index contributed by atoms with van der Waals surface area (Å²) < 4.78 is 7.65. The number of ether oxygens (including phenoxy) is 1. The molecule has 0 spiro atoms. The molecule has 0 aliphatic carbocycles. The minimum absolute atomic E-state index is 0.0515. The number of rotatable bonds is 9. The highest BCUT2D eigenvalue weighted by atomic mass is 32.1. The molecule has 1 amide bonds. The van der Waals surface area contributed by atoms with E-state index in [1.165, 1.54) is 0 Å². The van der Waals surface area contributed by atoms with Crippen molar-refractivity contribution in [3.05, 3.63) is 10.6 Å². The van der Waals surface area contributed by atoms with Crippen molar-refractivity contribution in [1.29, 1.82) is 0 Å². The number of carbonyl (C=O) groups excluding carboxylic acids is 1. The van der Waals surface area contributed by atoms with E-state index >= 15 is 0 Å². The standard InChI is InChI=1S/C13H24N4O2S/c1-4-6-11-15-16-13(20)17(11)9-12(18)14-7-5-8-19-10(2)3/h10H,4-9H2,1-3H3,(H,14,18)(H,16,20). The summed E-state index contributed by atoms with van der Waals surface area (Å²) in [5.74, 6) is 0.778. The predicted molar refractivity (Wildman–Crippen MR) is 80.1 cm³/mol. The molecule has 0 aromatic carbocycles. The Hall–Kier alpha value is -1.21. The van der Waals surface area contributed by atoms with Gasteiger partial charge in [-0.25, -0.2) is 0 Å². The van der Waals surface area contributed by atoms with Crippen LogP contribution in [0.25, 0.3) is 0 Å². The zero-order valence-electron chi connectivity index (χ0n) is 12.4. The van der Waals surface area contributed by atoms with Crippen LogP contribution in [0, 0.1) is 4.77 Å². The van der Waals surface area contributed by atoms with Crippen molar-refractivity contribution in [3.63, 3.8) is 0 Å². The molecule has 0 unspecified atom stereocenters. The second kappa shape index (κ2) is 8.86. The number of aromatic nitrogens is 3. The monoisotopic (exact) mass is 300 g/mol. The third-order valence-corrected chi connectivity index (χ3v) is 3.02. The van der Waals surface area contributed by atoms with E-state index in [4.69, 9.17) is 17.0 Å². The van der Waals surface area contributed by atoms with Crippen LogP contribution < -0.4 is 5.32 Å². The van der Waals surface area contributed by atoms with Crippen molar-refractivity contribution in [2.24, 2.45) is 0 Å². The maximum atomic E-state index is 11.9. The summed E-state index contributed by atoms with van der Waals surface area (Å²) in [6, 6.07) is 0. The first-order valence-electron chi connectivity index (χ1n) is 7.07. The van der Waals surface area contributed by atoms with E-state index in [2.05, 4.69) is 22.4 Å². The molecule has 7 heteroatoms. The summed E-state index contributed by atoms with van der Waals surface area (Å²) in [7, 11) is 0. The summed E-state index contributed by atoms with van der Waals surface area (Å²) in [5, 5.41) is 9.73. The zero-order valence-corrected chi connectivity index (χ0v) is 13.3. The van der Waals surface area contributed by atoms with Crippen LogP contribution in [0.1, 0.15) is 39.4 Å². The van der Waals surface area contributed by atoms with Crippen LogP contribution in [0.15, 0.2) is 0 Å². The van der Waals surface area contributed by atoms with Crippen LogP contribution in [0.4, 0.5) is 0 Å². The fourth-order valence-corrected chi connectivity index (χ4v) is 1.96. The van der Waals surface area contributed by atoms with E-state index in [-0.39, 0.29) is 18.6 Å². The maximum absolute atomic E-state index is 11.9. The lowest BCUT2D eigenvalue weighted by molar-refractivity contribution is -0.121. The van der Waals surface area contributed by atoms with E-state index in [1.807, 2.05) is 13.8 Å². The minimum atomic E-state index is -0.0515. The number of carbonyl (C=O) groups is 1. The van der Waals surface area contributed by atoms with Gasteiger partial charge in [-0.1, -0.05) is 6.92 Å². The van der Waals surface area contributed by atoms with E-state index in [9.17, 15) is 4.79 Å². The lowest BCUT2D eigenvalue weighted by Gasteiger charge is -2.09. The summed E-state index contributed by atoms with van der Waals surface area (Å²) in [6.07, 6.45) is 2.81. The van der Waals surface area contributed by atoms with Crippen LogP contribution in [-0.4, -0.2) is 39.9 Å². The van der Waals surface area contributed by atoms with Crippen molar-refractivity contribution in [2.45, 2.75) is 52.7 Å². The Morgan fingerprint density at radius 2 is 2.30 bits per heavy atom. The predicted octanol–water partition coefficient (Wildman–Crippen LogP) is 1.82. The van der Waals surface area contributed by atoms with Gasteiger partial charge in [0.15, 0.2) is 4.77 Å². The van der Waals surface area contributed by atoms with E-state index in [0.29, 0.717) is 17.9 Å². The van der Waals surface area contributed by atoms with Crippen molar-refractivity contribution in [1.82, 2.24) is 20.1 Å². The van der Waals surface area contributed by atoms with Crippen LogP contribution >= 0.6 is 12.2 Å². The molecule has 0 aliphatic rings. The van der Waals surface area contributed by atoms with Gasteiger partial charge in [-0.2, -0.15) is 5.10 Å². The van der Waals surface area contributed by atoms with Gasteiger partial charge in [0.1, 0.15) is 12.4 Å². The fourth-order valence-electron chi connectivity index (χ4n) is 1.75. The Kier molecular flexibility index (Phi) is 7.46. The molecular weight excluding hydrogens is 276 g/mol. The summed E-state index contributed by atoms with van der Waals surface area (Å²) in [4.78, 5) is 11.9. The minimum Gasteiger partial charge on any atom is -0.379 e. The molecule has 0 aliphatic heterocycles. The number of amides is 1. The van der Waals surface area contributed by atoms with Crippen molar-refractivity contribution >= 4 is 18.1 Å². The maximum Gasteiger partial charge on any atom is 0.240 e. The Labute approximate surface area is 124 Å². The van der Waals surface area contributed by atoms with Crippen LogP contribution in [0.2, 0.25) is 0 Å². The highest BCUT2D eigenvalue weighted by Gasteiger charge is 2.09. The van der Waals surface area contributed by atoms with Gasteiger partial charge in [-0.15, -0.1) is 0 Å². The van der Waals surface area contributed by atoms with Gasteiger partial charge >= 0.3 is 0 Å². The Bertz CT molecular complexity index is 467. The SMILES string of the molecule is CCCc1n[nH]c(=S)n1CC(=O)NCCCOC(C)C. The average molecular weight is 300 g/mol. The normalized spacial score (nSPS) is 11.0. The van der Waals surface area contributed by atoms with Crippen molar-refractivity contribution < 1.29 is 9.53 Å². The number of nitrogens with zero attached hydrogens (tertiary/aromatic N) is 2. The molecule has 1 heterocycles. The first-order valence-corrected chi connectivity index (χ1v) is 7.47. The molecule has 0 fully saturated rings. The Balaban J connectivity index is 2.35. The molecule has 114 valence electrons. The largest absolute Gasteiger partial charge is 0.379 e. The number of hydrogen-bond donors (Lipinski definition) is 2. The van der Waals surface area contributed by atoms with Crippen LogP contribution in [0.5, 0.6) is 0 Å². The first-order chi connectivity index (χ1) is 9.54. The second-order valence-electron chi connectivity index (χ2n) is 4.90. The molecule has 20 heavy (non-hydrogen) atoms. The number of H-pyrrole nitrogens is 1. The molecule has 1 aromatic heterocycles. The molecule has 1 aromatic rings. The second-order valence-corrected chi connectivity index (χ2v) is 5.29. The Morgan fingerprint density at radius 1 is 1.55 bits per heavy atom. The quantitative estimate of drug-likeness (QED) is 0.539. The third-order valence-electron chi connectivity index (χ3n) is 2.71. The number of aryl methyl sites for hydroxylation is 1. The topological polar surface area (TPSA) is 71.9 Å². The number of hydrogen-bond acceptors (Lipinski definition) is 4. The van der Waals surface area contributed by atoms with Gasteiger partial charge in [0, 0.05) is 19.6 Å². The number of aromatic amines is 1. The van der Waals surface area contributed by atoms with Gasteiger partial charge in [-0.05, 0) is 38.9 Å². The van der Waals surface area contributed by atoms with E-state index in [1.54, 1.807) is 4.57 Å². The average Bonchev–Trinajstić information content (AvgIpc) is 2.71. The Morgan fingerprint density at radius 3 is 2.95 bits per heavy atom. The fraction of sp³-hybridized carbons (Fsp3) is 0.769. The van der Waals surface area contributed by atoms with Gasteiger partial charge < -0.3 is 10.1 Å². The summed E-state index contributed by atoms with van der Waals surface area (Å²) >= 11 is 5.13. The highest BCUT2D eigenvalue weighted by molar-refractivity contribution is 7.71. The third kappa shape index (κ3) is 5.83. The molecule has 6 nitrogen and oxygen atoms in total. The van der Waals surface area contributed by atoms with Crippen LogP contribution in [0.3, 0.4) is 0 Å². The molecule has 0 radical (unpaired) electrons. The van der Waals surface area contributed by atoms with Gasteiger partial charge in [0.25, 0.3) is 0 Å². The van der Waals surface area contributed by atoms with E-state index in [0.717, 1.165) is 25.1 Å². The van der Waals surface area contributed by atoms with Gasteiger partial charge in [-0.3, -0.25) is 14.5 Å². The van der Waals surface area contributed by atoms with Crippen molar-refractivity contribution in [2.75, 3.05) is 13.2 Å². The molecule has 0 saturated carbocycles. The van der Waals surface area contributed by atoms with Crippen LogP contribution in [-0.2, 0) is 22.5 Å². The molecular formula is C13H24N4O2S. The molecule has 0 atom stereocenters. The smallest absolute Gasteiger partial charge is 0.240 e. The lowest BCUT2D eigenvalue weighted by Crippen LogP contribution is -2.29.